The standard InChI is InChI=1S/C16H17F2NOS/c1-21(20)15-6-2-12(3-7-15)11-19-9-8-13-4-5-14(17)10-16(13)18/h2-7,10,19H,8-9,11H2,1H3/t21-/m0/s1. The van der Waals surface area contributed by atoms with E-state index in [1.165, 1.54) is 12.1 Å². The summed E-state index contributed by atoms with van der Waals surface area (Å²) < 4.78 is 37.5. The normalized spacial score (nSPS) is 12.3. The molecule has 0 aliphatic heterocycles. The van der Waals surface area contributed by atoms with Crippen LogP contribution in [0.25, 0.3) is 0 Å². The molecule has 0 fully saturated rings. The highest BCUT2D eigenvalue weighted by Crippen LogP contribution is 2.10. The van der Waals surface area contributed by atoms with E-state index in [0.717, 1.165) is 16.5 Å². The zero-order chi connectivity index (χ0) is 15.2. The topological polar surface area (TPSA) is 29.1 Å². The van der Waals surface area contributed by atoms with Gasteiger partial charge in [-0.1, -0.05) is 18.2 Å². The minimum atomic E-state index is -0.967. The van der Waals surface area contributed by atoms with Gasteiger partial charge >= 0.3 is 0 Å². The average Bonchev–Trinajstić information content (AvgIpc) is 2.46. The van der Waals surface area contributed by atoms with Crippen molar-refractivity contribution in [1.82, 2.24) is 5.32 Å². The lowest BCUT2D eigenvalue weighted by Crippen LogP contribution is -2.17. The summed E-state index contributed by atoms with van der Waals surface area (Å²) in [5, 5.41) is 3.20. The van der Waals surface area contributed by atoms with Crippen molar-refractivity contribution in [3.05, 3.63) is 65.2 Å². The van der Waals surface area contributed by atoms with Crippen LogP contribution in [0.1, 0.15) is 11.1 Å². The molecule has 0 bridgehead atoms. The third-order valence-electron chi connectivity index (χ3n) is 3.17. The Labute approximate surface area is 125 Å². The molecule has 21 heavy (non-hydrogen) atoms. The van der Waals surface area contributed by atoms with Gasteiger partial charge in [0.05, 0.1) is 0 Å². The lowest BCUT2D eigenvalue weighted by Gasteiger charge is -2.07. The van der Waals surface area contributed by atoms with Crippen molar-refractivity contribution in [3.63, 3.8) is 0 Å². The first-order valence-electron chi connectivity index (χ1n) is 6.63. The van der Waals surface area contributed by atoms with Crippen molar-refractivity contribution in [2.75, 3.05) is 12.8 Å². The summed E-state index contributed by atoms with van der Waals surface area (Å²) in [5.74, 6) is -1.07. The van der Waals surface area contributed by atoms with Crippen molar-refractivity contribution >= 4 is 10.8 Å². The molecule has 112 valence electrons. The van der Waals surface area contributed by atoms with Gasteiger partial charge in [-0.15, -0.1) is 0 Å². The SMILES string of the molecule is C[S@](=O)c1ccc(CNCCc2ccc(F)cc2F)cc1. The molecule has 2 aromatic carbocycles. The third kappa shape index (κ3) is 4.72. The van der Waals surface area contributed by atoms with E-state index in [0.29, 0.717) is 25.1 Å². The van der Waals surface area contributed by atoms with Gasteiger partial charge in [0.25, 0.3) is 0 Å². The Bertz CT molecular complexity index is 629. The largest absolute Gasteiger partial charge is 0.312 e. The summed E-state index contributed by atoms with van der Waals surface area (Å²) in [6.45, 7) is 1.25. The number of halogens is 2. The van der Waals surface area contributed by atoms with Crippen molar-refractivity contribution < 1.29 is 13.0 Å². The van der Waals surface area contributed by atoms with Gasteiger partial charge in [-0.25, -0.2) is 8.78 Å². The molecule has 0 saturated carbocycles. The van der Waals surface area contributed by atoms with Crippen LogP contribution in [0.2, 0.25) is 0 Å². The third-order valence-corrected chi connectivity index (χ3v) is 4.11. The summed E-state index contributed by atoms with van der Waals surface area (Å²) in [6, 6.07) is 11.2. The van der Waals surface area contributed by atoms with Gasteiger partial charge in [0.15, 0.2) is 0 Å². The minimum Gasteiger partial charge on any atom is -0.312 e. The van der Waals surface area contributed by atoms with Crippen LogP contribution >= 0.6 is 0 Å². The highest BCUT2D eigenvalue weighted by molar-refractivity contribution is 7.84. The number of benzene rings is 2. The Balaban J connectivity index is 1.80. The lowest BCUT2D eigenvalue weighted by molar-refractivity contribution is 0.566. The fourth-order valence-electron chi connectivity index (χ4n) is 1.98. The molecular weight excluding hydrogens is 292 g/mol. The van der Waals surface area contributed by atoms with Crippen LogP contribution in [0, 0.1) is 11.6 Å². The molecule has 0 saturated heterocycles. The van der Waals surface area contributed by atoms with E-state index in [9.17, 15) is 13.0 Å². The van der Waals surface area contributed by atoms with E-state index in [2.05, 4.69) is 5.32 Å². The summed E-state index contributed by atoms with van der Waals surface area (Å²) in [7, 11) is -0.967. The molecule has 0 aromatic heterocycles. The Hall–Kier alpha value is -1.59. The van der Waals surface area contributed by atoms with Crippen molar-refractivity contribution in [1.29, 1.82) is 0 Å². The molecule has 0 unspecified atom stereocenters. The zero-order valence-electron chi connectivity index (χ0n) is 11.7. The van der Waals surface area contributed by atoms with Gasteiger partial charge in [-0.3, -0.25) is 4.21 Å². The highest BCUT2D eigenvalue weighted by atomic mass is 32.2. The maximum Gasteiger partial charge on any atom is 0.129 e. The first-order valence-corrected chi connectivity index (χ1v) is 8.19. The predicted molar refractivity (Wildman–Crippen MR) is 80.5 cm³/mol. The zero-order valence-corrected chi connectivity index (χ0v) is 12.6. The maximum atomic E-state index is 13.4. The van der Waals surface area contributed by atoms with Gasteiger partial charge in [0.2, 0.25) is 0 Å². The first-order chi connectivity index (χ1) is 10.1. The average molecular weight is 309 g/mol. The van der Waals surface area contributed by atoms with E-state index in [4.69, 9.17) is 0 Å². The highest BCUT2D eigenvalue weighted by Gasteiger charge is 2.03. The smallest absolute Gasteiger partial charge is 0.129 e. The quantitative estimate of drug-likeness (QED) is 0.831. The number of hydrogen-bond acceptors (Lipinski definition) is 2. The Morgan fingerprint density at radius 2 is 1.81 bits per heavy atom. The molecule has 0 heterocycles. The van der Waals surface area contributed by atoms with Crippen molar-refractivity contribution in [2.24, 2.45) is 0 Å². The molecule has 2 rings (SSSR count). The van der Waals surface area contributed by atoms with Gasteiger partial charge in [0.1, 0.15) is 11.6 Å². The summed E-state index contributed by atoms with van der Waals surface area (Å²) in [5.41, 5.74) is 1.57. The van der Waals surface area contributed by atoms with Crippen molar-refractivity contribution in [3.8, 4) is 0 Å². The van der Waals surface area contributed by atoms with Crippen LogP contribution in [-0.2, 0) is 23.8 Å². The minimum absolute atomic E-state index is 0.501. The predicted octanol–water partition coefficient (Wildman–Crippen LogP) is 3.03. The maximum absolute atomic E-state index is 13.4. The van der Waals surface area contributed by atoms with E-state index < -0.39 is 22.4 Å². The molecule has 2 aromatic rings. The molecule has 0 aliphatic rings. The number of hydrogen-bond donors (Lipinski definition) is 1. The second kappa shape index (κ2) is 7.43. The molecule has 5 heteroatoms. The van der Waals surface area contributed by atoms with Crippen LogP contribution in [0.15, 0.2) is 47.4 Å². The second-order valence-electron chi connectivity index (χ2n) is 4.76. The van der Waals surface area contributed by atoms with Gasteiger partial charge in [-0.2, -0.15) is 0 Å². The second-order valence-corrected chi connectivity index (χ2v) is 6.14. The lowest BCUT2D eigenvalue weighted by atomic mass is 10.1. The molecule has 2 nitrogen and oxygen atoms in total. The fraction of sp³-hybridized carbons (Fsp3) is 0.250. The molecule has 0 aliphatic carbocycles. The summed E-state index contributed by atoms with van der Waals surface area (Å²) in [4.78, 5) is 0.798. The fourth-order valence-corrected chi connectivity index (χ4v) is 2.50. The monoisotopic (exact) mass is 309 g/mol. The molecule has 0 radical (unpaired) electrons. The summed E-state index contributed by atoms with van der Waals surface area (Å²) >= 11 is 0. The van der Waals surface area contributed by atoms with Gasteiger partial charge in [-0.05, 0) is 42.3 Å². The molecule has 1 N–H and O–H groups in total. The Morgan fingerprint density at radius 3 is 2.43 bits per heavy atom. The van der Waals surface area contributed by atoms with Crippen LogP contribution in [0.4, 0.5) is 8.78 Å². The Morgan fingerprint density at radius 1 is 1.10 bits per heavy atom. The van der Waals surface area contributed by atoms with Crippen LogP contribution in [0.3, 0.4) is 0 Å². The molecule has 0 spiro atoms. The molecule has 0 amide bonds. The van der Waals surface area contributed by atoms with Crippen LogP contribution < -0.4 is 5.32 Å². The van der Waals surface area contributed by atoms with E-state index in [1.54, 1.807) is 6.26 Å². The van der Waals surface area contributed by atoms with Crippen LogP contribution in [0.5, 0.6) is 0 Å². The Kier molecular flexibility index (Phi) is 5.59. The number of nitrogens with one attached hydrogen (secondary N) is 1. The van der Waals surface area contributed by atoms with Crippen LogP contribution in [-0.4, -0.2) is 17.0 Å². The van der Waals surface area contributed by atoms with E-state index in [-0.39, 0.29) is 0 Å². The number of rotatable bonds is 6. The van der Waals surface area contributed by atoms with E-state index in [1.807, 2.05) is 24.3 Å². The molecule has 1 atom stereocenters. The summed E-state index contributed by atoms with van der Waals surface area (Å²) in [6.07, 6.45) is 2.15. The van der Waals surface area contributed by atoms with Gasteiger partial charge in [0, 0.05) is 34.6 Å². The van der Waals surface area contributed by atoms with Crippen molar-refractivity contribution in [2.45, 2.75) is 17.9 Å². The first kappa shape index (κ1) is 15.8. The van der Waals surface area contributed by atoms with Gasteiger partial charge < -0.3 is 5.32 Å². The molecular formula is C16H17F2NOS. The van der Waals surface area contributed by atoms with E-state index >= 15 is 0 Å².